The summed E-state index contributed by atoms with van der Waals surface area (Å²) in [6.07, 6.45) is 0.993. The van der Waals surface area contributed by atoms with E-state index in [1.807, 2.05) is 6.92 Å². The van der Waals surface area contributed by atoms with Gasteiger partial charge in [-0.1, -0.05) is 29.8 Å². The maximum Gasteiger partial charge on any atom is 0.282 e. The van der Waals surface area contributed by atoms with Crippen LogP contribution < -0.4 is 0 Å². The van der Waals surface area contributed by atoms with Crippen LogP contribution in [0.2, 0.25) is 0 Å². The largest absolute Gasteiger partial charge is 0.282 e. The van der Waals surface area contributed by atoms with Gasteiger partial charge in [0.2, 0.25) is 0 Å². The van der Waals surface area contributed by atoms with Crippen molar-refractivity contribution in [3.05, 3.63) is 69.8 Å². The highest BCUT2D eigenvalue weighted by molar-refractivity contribution is 7.90. The molecule has 2 aromatic carbocycles. The van der Waals surface area contributed by atoms with Gasteiger partial charge in [0, 0.05) is 6.07 Å². The summed E-state index contributed by atoms with van der Waals surface area (Å²) in [6, 6.07) is 12.0. The van der Waals surface area contributed by atoms with Crippen LogP contribution in [0.3, 0.4) is 0 Å². The van der Waals surface area contributed by atoms with Crippen LogP contribution in [0.15, 0.2) is 57.8 Å². The van der Waals surface area contributed by atoms with E-state index in [0.29, 0.717) is 0 Å². The molecule has 2 aromatic rings. The molecule has 0 aromatic heterocycles. The molecule has 0 saturated heterocycles. The molecule has 0 fully saturated rings. The summed E-state index contributed by atoms with van der Waals surface area (Å²) in [4.78, 5) is 10.3. The van der Waals surface area contributed by atoms with Gasteiger partial charge < -0.3 is 0 Å². The first-order valence-electron chi connectivity index (χ1n) is 6.00. The highest BCUT2D eigenvalue weighted by atomic mass is 32.2. The Morgan fingerprint density at radius 1 is 1.10 bits per heavy atom. The Kier molecular flexibility index (Phi) is 4.13. The number of para-hydroxylation sites is 1. The predicted molar refractivity (Wildman–Crippen MR) is 79.1 cm³/mol. The third-order valence-electron chi connectivity index (χ3n) is 2.78. The Bertz CT molecular complexity index is 796. The van der Waals surface area contributed by atoms with E-state index in [1.165, 1.54) is 30.3 Å². The van der Waals surface area contributed by atoms with E-state index in [9.17, 15) is 18.5 Å². The van der Waals surface area contributed by atoms with Gasteiger partial charge in [0.25, 0.3) is 15.7 Å². The van der Waals surface area contributed by atoms with Gasteiger partial charge in [0.05, 0.1) is 21.6 Å². The van der Waals surface area contributed by atoms with Crippen LogP contribution in [-0.4, -0.2) is 19.6 Å². The summed E-state index contributed by atoms with van der Waals surface area (Å²) >= 11 is 0. The minimum absolute atomic E-state index is 0.0444. The van der Waals surface area contributed by atoms with Gasteiger partial charge in [0.1, 0.15) is 0 Å². The zero-order chi connectivity index (χ0) is 15.5. The molecule has 0 radical (unpaired) electrons. The second-order valence-corrected chi connectivity index (χ2v) is 5.97. The maximum absolute atomic E-state index is 12.0. The first kappa shape index (κ1) is 14.9. The van der Waals surface area contributed by atoms with E-state index in [-0.39, 0.29) is 16.1 Å². The zero-order valence-corrected chi connectivity index (χ0v) is 11.9. The Morgan fingerprint density at radius 3 is 2.33 bits per heavy atom. The monoisotopic (exact) mass is 304 g/mol. The van der Waals surface area contributed by atoms with E-state index in [1.54, 1.807) is 18.2 Å². The van der Waals surface area contributed by atoms with E-state index >= 15 is 0 Å². The SMILES string of the molecule is Cc1ccc(S(=O)(=O)N=Cc2ccccc2[N+](=O)[O-])cc1. The fourth-order valence-corrected chi connectivity index (χ4v) is 2.51. The normalized spacial score (nSPS) is 11.7. The second kappa shape index (κ2) is 5.84. The summed E-state index contributed by atoms with van der Waals surface area (Å²) in [6.45, 7) is 1.84. The number of rotatable bonds is 4. The van der Waals surface area contributed by atoms with Gasteiger partial charge in [-0.15, -0.1) is 0 Å². The molecule has 0 aliphatic rings. The molecule has 0 saturated carbocycles. The molecular weight excluding hydrogens is 292 g/mol. The first-order valence-corrected chi connectivity index (χ1v) is 7.44. The minimum atomic E-state index is -3.87. The standard InChI is InChI=1S/C14H12N2O4S/c1-11-6-8-13(9-7-11)21(19,20)15-10-12-4-2-3-5-14(12)16(17)18/h2-10H,1H3. The molecular formula is C14H12N2O4S. The Morgan fingerprint density at radius 2 is 1.71 bits per heavy atom. The number of hydrogen-bond acceptors (Lipinski definition) is 4. The number of nitro groups is 1. The van der Waals surface area contributed by atoms with E-state index < -0.39 is 14.9 Å². The van der Waals surface area contributed by atoms with Crippen LogP contribution in [0.25, 0.3) is 0 Å². The predicted octanol–water partition coefficient (Wildman–Crippen LogP) is 2.71. The molecule has 7 heteroatoms. The van der Waals surface area contributed by atoms with Crippen molar-refractivity contribution in [3.63, 3.8) is 0 Å². The average molecular weight is 304 g/mol. The third-order valence-corrected chi connectivity index (χ3v) is 4.03. The lowest BCUT2D eigenvalue weighted by molar-refractivity contribution is -0.385. The van der Waals surface area contributed by atoms with Crippen molar-refractivity contribution in [1.29, 1.82) is 0 Å². The van der Waals surface area contributed by atoms with Crippen LogP contribution in [0, 0.1) is 17.0 Å². The third kappa shape index (κ3) is 3.51. The molecule has 0 atom stereocenters. The lowest BCUT2D eigenvalue weighted by atomic mass is 10.2. The van der Waals surface area contributed by atoms with E-state index in [0.717, 1.165) is 11.8 Å². The highest BCUT2D eigenvalue weighted by Gasteiger charge is 2.14. The van der Waals surface area contributed by atoms with Gasteiger partial charge in [0.15, 0.2) is 0 Å². The first-order chi connectivity index (χ1) is 9.90. The molecule has 0 unspecified atom stereocenters. The van der Waals surface area contributed by atoms with E-state index in [2.05, 4.69) is 4.40 Å². The minimum Gasteiger partial charge on any atom is -0.258 e. The second-order valence-electron chi connectivity index (χ2n) is 4.34. The Balaban J connectivity index is 2.37. The van der Waals surface area contributed by atoms with Crippen molar-refractivity contribution in [3.8, 4) is 0 Å². The molecule has 0 heterocycles. The molecule has 2 rings (SSSR count). The summed E-state index contributed by atoms with van der Waals surface area (Å²) in [5.74, 6) is 0. The number of benzene rings is 2. The molecule has 0 aliphatic carbocycles. The van der Waals surface area contributed by atoms with Crippen molar-refractivity contribution < 1.29 is 13.3 Å². The maximum atomic E-state index is 12.0. The summed E-state index contributed by atoms with van der Waals surface area (Å²) in [5.41, 5.74) is 0.871. The van der Waals surface area contributed by atoms with Crippen LogP contribution in [0.1, 0.15) is 11.1 Å². The molecule has 0 spiro atoms. The number of aryl methyl sites for hydroxylation is 1. The molecule has 6 nitrogen and oxygen atoms in total. The highest BCUT2D eigenvalue weighted by Crippen LogP contribution is 2.17. The van der Waals surface area contributed by atoms with Crippen molar-refractivity contribution in [2.24, 2.45) is 4.40 Å². The molecule has 0 N–H and O–H groups in total. The molecule has 21 heavy (non-hydrogen) atoms. The molecule has 0 aliphatic heterocycles. The van der Waals surface area contributed by atoms with Crippen molar-refractivity contribution in [2.45, 2.75) is 11.8 Å². The number of nitro benzene ring substituents is 1. The summed E-state index contributed by atoms with van der Waals surface area (Å²) in [7, 11) is -3.87. The Hall–Kier alpha value is -2.54. The van der Waals surface area contributed by atoms with Crippen LogP contribution in [0.4, 0.5) is 5.69 Å². The van der Waals surface area contributed by atoms with Crippen molar-refractivity contribution in [2.75, 3.05) is 0 Å². The van der Waals surface area contributed by atoms with Gasteiger partial charge in [-0.2, -0.15) is 12.8 Å². The van der Waals surface area contributed by atoms with Gasteiger partial charge in [-0.25, -0.2) is 0 Å². The fraction of sp³-hybridized carbons (Fsp3) is 0.0714. The number of nitrogens with zero attached hydrogens (tertiary/aromatic N) is 2. The fourth-order valence-electron chi connectivity index (χ4n) is 1.66. The quantitative estimate of drug-likeness (QED) is 0.493. The number of sulfonamides is 1. The lowest BCUT2D eigenvalue weighted by Gasteiger charge is -2.00. The van der Waals surface area contributed by atoms with E-state index in [4.69, 9.17) is 0 Å². The van der Waals surface area contributed by atoms with Gasteiger partial charge in [-0.05, 0) is 25.1 Å². The topological polar surface area (TPSA) is 89.6 Å². The zero-order valence-electron chi connectivity index (χ0n) is 11.1. The molecule has 108 valence electrons. The van der Waals surface area contributed by atoms with Gasteiger partial charge in [-0.3, -0.25) is 10.1 Å². The molecule has 0 bridgehead atoms. The summed E-state index contributed by atoms with van der Waals surface area (Å²) in [5, 5.41) is 10.8. The molecule has 0 amide bonds. The van der Waals surface area contributed by atoms with Crippen LogP contribution in [0.5, 0.6) is 0 Å². The van der Waals surface area contributed by atoms with Crippen LogP contribution in [-0.2, 0) is 10.0 Å². The number of hydrogen-bond donors (Lipinski definition) is 0. The van der Waals surface area contributed by atoms with Crippen molar-refractivity contribution in [1.82, 2.24) is 0 Å². The Labute approximate surface area is 122 Å². The smallest absolute Gasteiger partial charge is 0.258 e. The van der Waals surface area contributed by atoms with Crippen LogP contribution >= 0.6 is 0 Å². The van der Waals surface area contributed by atoms with Crippen molar-refractivity contribution >= 4 is 21.9 Å². The van der Waals surface area contributed by atoms with Gasteiger partial charge >= 0.3 is 0 Å². The lowest BCUT2D eigenvalue weighted by Crippen LogP contribution is -1.99. The summed E-state index contributed by atoms with van der Waals surface area (Å²) < 4.78 is 27.6. The average Bonchev–Trinajstić information content (AvgIpc) is 2.46.